The van der Waals surface area contributed by atoms with E-state index in [1.54, 1.807) is 0 Å². The topological polar surface area (TPSA) is 79.4 Å². The van der Waals surface area contributed by atoms with Gasteiger partial charge in [-0.3, -0.25) is 14.7 Å². The van der Waals surface area contributed by atoms with Gasteiger partial charge in [0, 0.05) is 44.1 Å². The number of hydrogen-bond donors (Lipinski definition) is 1. The molecule has 8 heteroatoms. The fourth-order valence-corrected chi connectivity index (χ4v) is 4.78. The molecule has 1 saturated heterocycles. The van der Waals surface area contributed by atoms with Gasteiger partial charge in [0.05, 0.1) is 15.6 Å². The van der Waals surface area contributed by atoms with Crippen molar-refractivity contribution >= 4 is 33.0 Å². The van der Waals surface area contributed by atoms with E-state index in [1.165, 1.54) is 25.4 Å². The first kappa shape index (κ1) is 20.8. The van der Waals surface area contributed by atoms with Crippen LogP contribution in [0.3, 0.4) is 0 Å². The van der Waals surface area contributed by atoms with Gasteiger partial charge in [-0.1, -0.05) is 23.7 Å². The molecule has 2 heterocycles. The van der Waals surface area contributed by atoms with E-state index in [1.807, 2.05) is 24.3 Å². The number of pyridine rings is 1. The number of nitrogens with one attached hydrogen (secondary N) is 1. The highest BCUT2D eigenvalue weighted by Gasteiger charge is 2.27. The van der Waals surface area contributed by atoms with Crippen LogP contribution in [0.5, 0.6) is 0 Å². The van der Waals surface area contributed by atoms with Gasteiger partial charge in [-0.2, -0.15) is 0 Å². The second kappa shape index (κ2) is 8.59. The Bertz CT molecular complexity index is 961. The van der Waals surface area contributed by atoms with Crippen molar-refractivity contribution in [2.75, 3.05) is 24.7 Å². The molecular weight excluding hydrogens is 398 g/mol. The summed E-state index contributed by atoms with van der Waals surface area (Å²) in [4.78, 5) is 18.0. The first-order chi connectivity index (χ1) is 13.2. The number of likely N-dealkylation sites (tertiary alicyclic amines) is 1. The quantitative estimate of drug-likeness (QED) is 0.799. The highest BCUT2D eigenvalue weighted by molar-refractivity contribution is 7.90. The van der Waals surface area contributed by atoms with Crippen LogP contribution in [0.1, 0.15) is 36.9 Å². The molecule has 0 bridgehead atoms. The molecular formula is C20H24ClN3O3S. The van der Waals surface area contributed by atoms with Crippen LogP contribution in [0.2, 0.25) is 5.02 Å². The number of rotatable bonds is 5. The predicted molar refractivity (Wildman–Crippen MR) is 110 cm³/mol. The van der Waals surface area contributed by atoms with Crippen molar-refractivity contribution in [3.63, 3.8) is 0 Å². The maximum atomic E-state index is 12.2. The average molecular weight is 422 g/mol. The summed E-state index contributed by atoms with van der Waals surface area (Å²) in [5.74, 6) is -0.0434. The fraction of sp³-hybridized carbons (Fsp3) is 0.400. The Labute approximate surface area is 170 Å². The molecule has 150 valence electrons. The molecule has 0 saturated carbocycles. The summed E-state index contributed by atoms with van der Waals surface area (Å²) >= 11 is 5.98. The number of hydrogen-bond acceptors (Lipinski definition) is 5. The smallest absolute Gasteiger partial charge is 0.221 e. The number of piperidine rings is 1. The maximum Gasteiger partial charge on any atom is 0.221 e. The Hall–Kier alpha value is -1.96. The van der Waals surface area contributed by atoms with Crippen LogP contribution in [0.15, 0.2) is 41.4 Å². The number of amides is 1. The zero-order chi connectivity index (χ0) is 20.3. The number of nitrogens with zero attached hydrogens (tertiary/aromatic N) is 2. The minimum atomic E-state index is -3.40. The Morgan fingerprint density at radius 3 is 2.68 bits per heavy atom. The first-order valence-electron chi connectivity index (χ1n) is 9.17. The van der Waals surface area contributed by atoms with E-state index in [9.17, 15) is 13.2 Å². The standard InChI is InChI=1S/C20H24ClN3O3S/c1-14(25)23-18-7-5-15(6-8-18)12-24-9-3-4-16(13-24)20-19(28(2,26)27)10-17(21)11-22-20/h5-8,10-11,16H,3-4,9,12-13H2,1-2H3,(H,23,25)/t16-/m0/s1. The largest absolute Gasteiger partial charge is 0.326 e. The van der Waals surface area contributed by atoms with E-state index >= 15 is 0 Å². The van der Waals surface area contributed by atoms with Gasteiger partial charge in [0.25, 0.3) is 0 Å². The van der Waals surface area contributed by atoms with Gasteiger partial charge in [0.15, 0.2) is 9.84 Å². The monoisotopic (exact) mass is 421 g/mol. The van der Waals surface area contributed by atoms with Crippen LogP contribution in [-0.2, 0) is 21.2 Å². The zero-order valence-electron chi connectivity index (χ0n) is 16.0. The summed E-state index contributed by atoms with van der Waals surface area (Å²) < 4.78 is 24.4. The molecule has 0 unspecified atom stereocenters. The lowest BCUT2D eigenvalue weighted by Crippen LogP contribution is -2.34. The number of anilines is 1. The Kier molecular flexibility index (Phi) is 6.37. The van der Waals surface area contributed by atoms with Crippen LogP contribution in [-0.4, -0.2) is 43.6 Å². The third-order valence-corrected chi connectivity index (χ3v) is 6.15. The lowest BCUT2D eigenvalue weighted by molar-refractivity contribution is -0.114. The molecule has 28 heavy (non-hydrogen) atoms. The van der Waals surface area contributed by atoms with Crippen molar-refractivity contribution in [3.05, 3.63) is 52.8 Å². The normalized spacial score (nSPS) is 18.0. The third kappa shape index (κ3) is 5.31. The third-order valence-electron chi connectivity index (χ3n) is 4.82. The number of sulfone groups is 1. The summed E-state index contributed by atoms with van der Waals surface area (Å²) in [5.41, 5.74) is 2.52. The molecule has 1 aromatic heterocycles. The highest BCUT2D eigenvalue weighted by atomic mass is 35.5. The van der Waals surface area contributed by atoms with Gasteiger partial charge in [-0.15, -0.1) is 0 Å². The molecule has 1 aliphatic heterocycles. The molecule has 2 aromatic rings. The molecule has 3 rings (SSSR count). The van der Waals surface area contributed by atoms with Crippen molar-refractivity contribution in [3.8, 4) is 0 Å². The average Bonchev–Trinajstić information content (AvgIpc) is 2.62. The Balaban J connectivity index is 1.74. The molecule has 0 aliphatic carbocycles. The molecule has 0 spiro atoms. The second-order valence-corrected chi connectivity index (χ2v) is 9.68. The zero-order valence-corrected chi connectivity index (χ0v) is 17.6. The van der Waals surface area contributed by atoms with Gasteiger partial charge in [-0.05, 0) is 43.1 Å². The van der Waals surface area contributed by atoms with E-state index < -0.39 is 9.84 Å². The maximum absolute atomic E-state index is 12.2. The van der Waals surface area contributed by atoms with Gasteiger partial charge < -0.3 is 5.32 Å². The number of benzene rings is 1. The molecule has 1 atom stereocenters. The van der Waals surface area contributed by atoms with E-state index in [2.05, 4.69) is 15.2 Å². The van der Waals surface area contributed by atoms with Crippen molar-refractivity contribution < 1.29 is 13.2 Å². The van der Waals surface area contributed by atoms with Crippen LogP contribution in [0.4, 0.5) is 5.69 Å². The van der Waals surface area contributed by atoms with Crippen LogP contribution < -0.4 is 5.32 Å². The van der Waals surface area contributed by atoms with Crippen molar-refractivity contribution in [1.82, 2.24) is 9.88 Å². The lowest BCUT2D eigenvalue weighted by atomic mass is 9.94. The number of halogens is 1. The molecule has 1 N–H and O–H groups in total. The van der Waals surface area contributed by atoms with Crippen molar-refractivity contribution in [1.29, 1.82) is 0 Å². The molecule has 1 aromatic carbocycles. The van der Waals surface area contributed by atoms with Crippen molar-refractivity contribution in [2.24, 2.45) is 0 Å². The van der Waals surface area contributed by atoms with Crippen LogP contribution in [0, 0.1) is 0 Å². The van der Waals surface area contributed by atoms with E-state index in [-0.39, 0.29) is 16.7 Å². The summed E-state index contributed by atoms with van der Waals surface area (Å²) in [5, 5.41) is 3.09. The summed E-state index contributed by atoms with van der Waals surface area (Å²) in [6, 6.07) is 9.27. The SMILES string of the molecule is CC(=O)Nc1ccc(CN2CCC[C@H](c3ncc(Cl)cc3S(C)(=O)=O)C2)cc1. The fourth-order valence-electron chi connectivity index (χ4n) is 3.61. The number of carbonyl (C=O) groups is 1. The van der Waals surface area contributed by atoms with Gasteiger partial charge in [0.2, 0.25) is 5.91 Å². The number of aromatic nitrogens is 1. The lowest BCUT2D eigenvalue weighted by Gasteiger charge is -2.33. The Morgan fingerprint density at radius 1 is 1.32 bits per heavy atom. The highest BCUT2D eigenvalue weighted by Crippen LogP contribution is 2.32. The molecule has 0 radical (unpaired) electrons. The summed E-state index contributed by atoms with van der Waals surface area (Å²) in [7, 11) is -3.40. The summed E-state index contributed by atoms with van der Waals surface area (Å²) in [6.07, 6.45) is 4.59. The van der Waals surface area contributed by atoms with E-state index in [0.29, 0.717) is 10.7 Å². The van der Waals surface area contributed by atoms with Crippen LogP contribution >= 0.6 is 11.6 Å². The van der Waals surface area contributed by atoms with Gasteiger partial charge >= 0.3 is 0 Å². The predicted octanol–water partition coefficient (Wildman–Crippen LogP) is 3.48. The summed E-state index contributed by atoms with van der Waals surface area (Å²) in [6.45, 7) is 3.94. The Morgan fingerprint density at radius 2 is 2.04 bits per heavy atom. The molecule has 1 fully saturated rings. The van der Waals surface area contributed by atoms with Crippen LogP contribution in [0.25, 0.3) is 0 Å². The molecule has 6 nitrogen and oxygen atoms in total. The number of carbonyl (C=O) groups excluding carboxylic acids is 1. The minimum Gasteiger partial charge on any atom is -0.326 e. The molecule has 1 aliphatic rings. The molecule has 1 amide bonds. The van der Waals surface area contributed by atoms with Crippen molar-refractivity contribution in [2.45, 2.75) is 37.1 Å². The first-order valence-corrected chi connectivity index (χ1v) is 11.4. The van der Waals surface area contributed by atoms with E-state index in [0.717, 1.165) is 43.7 Å². The second-order valence-electron chi connectivity index (χ2n) is 7.26. The minimum absolute atomic E-state index is 0.0504. The van der Waals surface area contributed by atoms with Gasteiger partial charge in [-0.25, -0.2) is 8.42 Å². The van der Waals surface area contributed by atoms with Gasteiger partial charge in [0.1, 0.15) is 0 Å². The van der Waals surface area contributed by atoms with E-state index in [4.69, 9.17) is 11.6 Å².